The summed E-state index contributed by atoms with van der Waals surface area (Å²) in [7, 11) is 0. The molecule has 0 saturated heterocycles. The van der Waals surface area contributed by atoms with Crippen LogP contribution >= 0.6 is 11.6 Å². The van der Waals surface area contributed by atoms with Crippen LogP contribution in [0, 0.1) is 17.3 Å². The van der Waals surface area contributed by atoms with Crippen LogP contribution in [0.4, 0.5) is 0 Å². The molecule has 0 heterocycles. The molecule has 3 unspecified atom stereocenters. The largest absolute Gasteiger partial charge is 0.376 e. The standard InChI is InChI=1S/C16H23ClO/c1-13(8-16(12-17)9-14(16)2)10-18-11-15-6-4-3-5-7-15/h3-7,13-14H,8-12H2,1-2H3. The van der Waals surface area contributed by atoms with E-state index in [0.717, 1.165) is 18.4 Å². The van der Waals surface area contributed by atoms with E-state index in [2.05, 4.69) is 38.1 Å². The number of alkyl halides is 1. The van der Waals surface area contributed by atoms with E-state index < -0.39 is 0 Å². The molecular weight excluding hydrogens is 244 g/mol. The second-order valence-corrected chi connectivity index (χ2v) is 6.18. The first-order valence-electron chi connectivity index (χ1n) is 6.84. The molecule has 100 valence electrons. The molecule has 1 aliphatic carbocycles. The summed E-state index contributed by atoms with van der Waals surface area (Å²) in [4.78, 5) is 0. The fourth-order valence-electron chi connectivity index (χ4n) is 2.78. The highest BCUT2D eigenvalue weighted by molar-refractivity contribution is 6.18. The van der Waals surface area contributed by atoms with Crippen molar-refractivity contribution in [1.29, 1.82) is 0 Å². The van der Waals surface area contributed by atoms with Gasteiger partial charge in [-0.2, -0.15) is 0 Å². The molecule has 1 nitrogen and oxygen atoms in total. The SMILES string of the molecule is CC(COCc1ccccc1)CC1(CCl)CC1C. The lowest BCUT2D eigenvalue weighted by atomic mass is 9.93. The summed E-state index contributed by atoms with van der Waals surface area (Å²) in [6.45, 7) is 6.12. The van der Waals surface area contributed by atoms with Crippen LogP contribution in [0.25, 0.3) is 0 Å². The summed E-state index contributed by atoms with van der Waals surface area (Å²) >= 11 is 6.08. The van der Waals surface area contributed by atoms with Gasteiger partial charge in [-0.3, -0.25) is 0 Å². The van der Waals surface area contributed by atoms with E-state index in [9.17, 15) is 0 Å². The molecular formula is C16H23ClO. The van der Waals surface area contributed by atoms with E-state index in [-0.39, 0.29) is 0 Å². The summed E-state index contributed by atoms with van der Waals surface area (Å²) in [5, 5.41) is 0. The van der Waals surface area contributed by atoms with Gasteiger partial charge in [-0.05, 0) is 35.7 Å². The highest BCUT2D eigenvalue weighted by Crippen LogP contribution is 2.57. The first-order valence-corrected chi connectivity index (χ1v) is 7.37. The Morgan fingerprint density at radius 2 is 2.06 bits per heavy atom. The lowest BCUT2D eigenvalue weighted by Crippen LogP contribution is -2.15. The van der Waals surface area contributed by atoms with Crippen LogP contribution in [-0.4, -0.2) is 12.5 Å². The van der Waals surface area contributed by atoms with Gasteiger partial charge in [0.1, 0.15) is 0 Å². The lowest BCUT2D eigenvalue weighted by molar-refractivity contribution is 0.0826. The Morgan fingerprint density at radius 3 is 2.61 bits per heavy atom. The van der Waals surface area contributed by atoms with Crippen molar-refractivity contribution >= 4 is 11.6 Å². The molecule has 0 spiro atoms. The van der Waals surface area contributed by atoms with Crippen LogP contribution in [0.5, 0.6) is 0 Å². The molecule has 1 aromatic rings. The van der Waals surface area contributed by atoms with Gasteiger partial charge < -0.3 is 4.74 Å². The molecule has 0 aromatic heterocycles. The monoisotopic (exact) mass is 266 g/mol. The van der Waals surface area contributed by atoms with Gasteiger partial charge >= 0.3 is 0 Å². The van der Waals surface area contributed by atoms with Crippen molar-refractivity contribution in [2.45, 2.75) is 33.3 Å². The van der Waals surface area contributed by atoms with Gasteiger partial charge in [0.25, 0.3) is 0 Å². The van der Waals surface area contributed by atoms with Gasteiger partial charge in [-0.25, -0.2) is 0 Å². The van der Waals surface area contributed by atoms with Gasteiger partial charge in [-0.1, -0.05) is 44.2 Å². The Morgan fingerprint density at radius 1 is 1.39 bits per heavy atom. The van der Waals surface area contributed by atoms with Crippen molar-refractivity contribution in [3.63, 3.8) is 0 Å². The minimum Gasteiger partial charge on any atom is -0.376 e. The van der Waals surface area contributed by atoms with Gasteiger partial charge in [0.2, 0.25) is 0 Å². The van der Waals surface area contributed by atoms with E-state index in [1.807, 2.05) is 6.07 Å². The third kappa shape index (κ3) is 3.49. The van der Waals surface area contributed by atoms with Crippen LogP contribution in [-0.2, 0) is 11.3 Å². The average Bonchev–Trinajstić information content (AvgIpc) is 3.01. The highest BCUT2D eigenvalue weighted by atomic mass is 35.5. The predicted molar refractivity (Wildman–Crippen MR) is 76.8 cm³/mol. The Hall–Kier alpha value is -0.530. The first kappa shape index (κ1) is 13.9. The molecule has 2 rings (SSSR count). The predicted octanol–water partition coefficient (Wildman–Crippen LogP) is 4.49. The first-order chi connectivity index (χ1) is 8.66. The van der Waals surface area contributed by atoms with E-state index >= 15 is 0 Å². The topological polar surface area (TPSA) is 9.23 Å². The molecule has 0 aliphatic heterocycles. The molecule has 18 heavy (non-hydrogen) atoms. The molecule has 1 fully saturated rings. The van der Waals surface area contributed by atoms with Crippen LogP contribution in [0.1, 0.15) is 32.3 Å². The smallest absolute Gasteiger partial charge is 0.0717 e. The van der Waals surface area contributed by atoms with E-state index in [1.54, 1.807) is 0 Å². The van der Waals surface area contributed by atoms with E-state index in [0.29, 0.717) is 17.9 Å². The normalized spacial score (nSPS) is 28.1. The quantitative estimate of drug-likeness (QED) is 0.661. The molecule has 2 heteroatoms. The van der Waals surface area contributed by atoms with Crippen molar-refractivity contribution in [1.82, 2.24) is 0 Å². The minimum atomic E-state index is 0.414. The number of benzene rings is 1. The number of hydrogen-bond acceptors (Lipinski definition) is 1. The molecule has 0 radical (unpaired) electrons. The van der Waals surface area contributed by atoms with Crippen LogP contribution in [0.2, 0.25) is 0 Å². The lowest BCUT2D eigenvalue weighted by Gasteiger charge is -2.19. The average molecular weight is 267 g/mol. The van der Waals surface area contributed by atoms with Crippen molar-refractivity contribution in [2.75, 3.05) is 12.5 Å². The van der Waals surface area contributed by atoms with Gasteiger partial charge in [0, 0.05) is 12.5 Å². The number of rotatable bonds is 7. The van der Waals surface area contributed by atoms with Crippen LogP contribution < -0.4 is 0 Å². The zero-order valence-electron chi connectivity index (χ0n) is 11.4. The molecule has 1 aromatic carbocycles. The molecule has 0 bridgehead atoms. The summed E-state index contributed by atoms with van der Waals surface area (Å²) in [5.41, 5.74) is 1.66. The summed E-state index contributed by atoms with van der Waals surface area (Å²) in [6.07, 6.45) is 2.49. The Labute approximate surface area is 115 Å². The summed E-state index contributed by atoms with van der Waals surface area (Å²) < 4.78 is 5.79. The van der Waals surface area contributed by atoms with Crippen molar-refractivity contribution in [3.05, 3.63) is 35.9 Å². The highest BCUT2D eigenvalue weighted by Gasteiger charge is 2.50. The van der Waals surface area contributed by atoms with E-state index in [1.165, 1.54) is 18.4 Å². The van der Waals surface area contributed by atoms with Crippen LogP contribution in [0.3, 0.4) is 0 Å². The zero-order chi connectivity index (χ0) is 13.0. The fraction of sp³-hybridized carbons (Fsp3) is 0.625. The zero-order valence-corrected chi connectivity index (χ0v) is 12.1. The number of hydrogen-bond donors (Lipinski definition) is 0. The number of halogens is 1. The minimum absolute atomic E-state index is 0.414. The third-order valence-electron chi connectivity index (χ3n) is 4.13. The van der Waals surface area contributed by atoms with Crippen molar-refractivity contribution in [3.8, 4) is 0 Å². The molecule has 1 aliphatic rings. The van der Waals surface area contributed by atoms with Crippen molar-refractivity contribution in [2.24, 2.45) is 17.3 Å². The fourth-order valence-corrected chi connectivity index (χ4v) is 3.26. The molecule has 1 saturated carbocycles. The Balaban J connectivity index is 1.68. The second kappa shape index (κ2) is 6.08. The van der Waals surface area contributed by atoms with Gasteiger partial charge in [0.05, 0.1) is 6.61 Å². The third-order valence-corrected chi connectivity index (χ3v) is 4.67. The Kier molecular flexibility index (Phi) is 4.69. The maximum atomic E-state index is 6.08. The number of ether oxygens (including phenoxy) is 1. The molecule has 3 atom stereocenters. The maximum absolute atomic E-state index is 6.08. The molecule has 0 amide bonds. The Bertz CT molecular complexity index is 361. The van der Waals surface area contributed by atoms with Crippen molar-refractivity contribution < 1.29 is 4.74 Å². The summed E-state index contributed by atoms with van der Waals surface area (Å²) in [6, 6.07) is 10.3. The van der Waals surface area contributed by atoms with E-state index in [4.69, 9.17) is 16.3 Å². The second-order valence-electron chi connectivity index (χ2n) is 5.91. The summed E-state index contributed by atoms with van der Waals surface area (Å²) in [5.74, 6) is 2.20. The van der Waals surface area contributed by atoms with Gasteiger partial charge in [0.15, 0.2) is 0 Å². The van der Waals surface area contributed by atoms with Gasteiger partial charge in [-0.15, -0.1) is 11.6 Å². The molecule has 0 N–H and O–H groups in total. The van der Waals surface area contributed by atoms with Crippen LogP contribution in [0.15, 0.2) is 30.3 Å². The maximum Gasteiger partial charge on any atom is 0.0717 e.